The maximum absolute atomic E-state index is 6.15. The first-order valence-electron chi connectivity index (χ1n) is 5.15. The van der Waals surface area contributed by atoms with Crippen molar-refractivity contribution in [2.45, 2.75) is 20.0 Å². The van der Waals surface area contributed by atoms with Crippen molar-refractivity contribution in [2.75, 3.05) is 0 Å². The Kier molecular flexibility index (Phi) is 3.27. The van der Waals surface area contributed by atoms with E-state index in [2.05, 4.69) is 11.2 Å². The molecule has 0 atom stereocenters. The fourth-order valence-corrected chi connectivity index (χ4v) is 1.85. The molecule has 0 aliphatic heterocycles. The van der Waals surface area contributed by atoms with Gasteiger partial charge in [-0.05, 0) is 24.1 Å². The molecule has 84 valence electrons. The highest BCUT2D eigenvalue weighted by atomic mass is 35.5. The average Bonchev–Trinajstić information content (AvgIpc) is 2.70. The van der Waals surface area contributed by atoms with Gasteiger partial charge >= 0.3 is 0 Å². The average molecular weight is 236 g/mol. The summed E-state index contributed by atoms with van der Waals surface area (Å²) in [6, 6.07) is 6.04. The molecule has 1 aromatic carbocycles. The normalized spacial score (nSPS) is 10.7. The van der Waals surface area contributed by atoms with Gasteiger partial charge in [-0.3, -0.25) is 4.68 Å². The van der Waals surface area contributed by atoms with E-state index in [4.69, 9.17) is 17.3 Å². The van der Waals surface area contributed by atoms with Crippen LogP contribution in [0, 0.1) is 6.92 Å². The Morgan fingerprint density at radius 3 is 2.88 bits per heavy atom. The van der Waals surface area contributed by atoms with Crippen molar-refractivity contribution < 1.29 is 0 Å². The van der Waals surface area contributed by atoms with E-state index in [9.17, 15) is 0 Å². The van der Waals surface area contributed by atoms with E-state index in [1.807, 2.05) is 29.9 Å². The van der Waals surface area contributed by atoms with E-state index in [0.717, 1.165) is 21.7 Å². The summed E-state index contributed by atoms with van der Waals surface area (Å²) in [6.45, 7) is 3.22. The standard InChI is InChI=1S/C12H14ClN3/c1-9-2-3-11(12(13)4-9)8-16-7-10(5-14)6-15-16/h2-4,6-7H,5,8,14H2,1H3. The SMILES string of the molecule is Cc1ccc(Cn2cc(CN)cn2)c(Cl)c1. The molecular formula is C12H14ClN3. The largest absolute Gasteiger partial charge is 0.326 e. The molecule has 2 N–H and O–H groups in total. The van der Waals surface area contributed by atoms with Gasteiger partial charge in [-0.15, -0.1) is 0 Å². The Balaban J connectivity index is 2.20. The van der Waals surface area contributed by atoms with Crippen LogP contribution in [-0.4, -0.2) is 9.78 Å². The molecule has 0 unspecified atom stereocenters. The lowest BCUT2D eigenvalue weighted by Crippen LogP contribution is -2.01. The third-order valence-electron chi connectivity index (χ3n) is 2.46. The lowest BCUT2D eigenvalue weighted by Gasteiger charge is -2.05. The van der Waals surface area contributed by atoms with Gasteiger partial charge in [0.05, 0.1) is 12.7 Å². The summed E-state index contributed by atoms with van der Waals surface area (Å²) in [5, 5.41) is 5.01. The van der Waals surface area contributed by atoms with Crippen molar-refractivity contribution in [3.63, 3.8) is 0 Å². The van der Waals surface area contributed by atoms with Crippen molar-refractivity contribution in [3.05, 3.63) is 52.3 Å². The summed E-state index contributed by atoms with van der Waals surface area (Å²) in [4.78, 5) is 0. The molecule has 16 heavy (non-hydrogen) atoms. The van der Waals surface area contributed by atoms with Gasteiger partial charge in [0, 0.05) is 23.3 Å². The smallest absolute Gasteiger partial charge is 0.0674 e. The molecule has 0 saturated carbocycles. The Hall–Kier alpha value is -1.32. The van der Waals surface area contributed by atoms with Crippen LogP contribution in [0.3, 0.4) is 0 Å². The van der Waals surface area contributed by atoms with E-state index in [1.165, 1.54) is 0 Å². The van der Waals surface area contributed by atoms with Gasteiger partial charge in [0.2, 0.25) is 0 Å². The van der Waals surface area contributed by atoms with E-state index in [1.54, 1.807) is 6.20 Å². The molecule has 0 fully saturated rings. The minimum atomic E-state index is 0.516. The molecule has 0 bridgehead atoms. The number of aromatic nitrogens is 2. The number of halogens is 1. The highest BCUT2D eigenvalue weighted by molar-refractivity contribution is 6.31. The zero-order chi connectivity index (χ0) is 11.5. The van der Waals surface area contributed by atoms with Gasteiger partial charge in [-0.2, -0.15) is 5.10 Å². The number of nitrogens with zero attached hydrogens (tertiary/aromatic N) is 2. The van der Waals surface area contributed by atoms with Crippen LogP contribution in [0.1, 0.15) is 16.7 Å². The third kappa shape index (κ3) is 2.43. The molecule has 4 heteroatoms. The summed E-state index contributed by atoms with van der Waals surface area (Å²) < 4.78 is 1.85. The molecule has 0 radical (unpaired) electrons. The van der Waals surface area contributed by atoms with Crippen molar-refractivity contribution in [2.24, 2.45) is 5.73 Å². The lowest BCUT2D eigenvalue weighted by molar-refractivity contribution is 0.686. The van der Waals surface area contributed by atoms with Crippen LogP contribution in [0.2, 0.25) is 5.02 Å². The number of nitrogens with two attached hydrogens (primary N) is 1. The predicted octanol–water partition coefficient (Wildman–Crippen LogP) is 2.35. The highest BCUT2D eigenvalue weighted by Gasteiger charge is 2.02. The van der Waals surface area contributed by atoms with Gasteiger partial charge in [-0.25, -0.2) is 0 Å². The Morgan fingerprint density at radius 2 is 2.25 bits per heavy atom. The van der Waals surface area contributed by atoms with Crippen LogP contribution in [0.25, 0.3) is 0 Å². The second-order valence-electron chi connectivity index (χ2n) is 3.85. The van der Waals surface area contributed by atoms with Gasteiger partial charge in [0.15, 0.2) is 0 Å². The summed E-state index contributed by atoms with van der Waals surface area (Å²) in [5.41, 5.74) is 8.79. The van der Waals surface area contributed by atoms with Gasteiger partial charge < -0.3 is 5.73 Å². The topological polar surface area (TPSA) is 43.8 Å². The predicted molar refractivity (Wildman–Crippen MR) is 65.4 cm³/mol. The Labute approximate surface area is 99.8 Å². The van der Waals surface area contributed by atoms with Crippen molar-refractivity contribution in [3.8, 4) is 0 Å². The van der Waals surface area contributed by atoms with Crippen LogP contribution in [-0.2, 0) is 13.1 Å². The minimum Gasteiger partial charge on any atom is -0.326 e. The molecule has 0 aliphatic carbocycles. The molecule has 0 amide bonds. The monoisotopic (exact) mass is 235 g/mol. The first kappa shape index (κ1) is 11.2. The number of hydrogen-bond donors (Lipinski definition) is 1. The first-order chi connectivity index (χ1) is 7.69. The number of aryl methyl sites for hydroxylation is 1. The van der Waals surface area contributed by atoms with Crippen LogP contribution >= 0.6 is 11.6 Å². The van der Waals surface area contributed by atoms with Gasteiger partial charge in [0.25, 0.3) is 0 Å². The van der Waals surface area contributed by atoms with E-state index >= 15 is 0 Å². The van der Waals surface area contributed by atoms with Gasteiger partial charge in [0.1, 0.15) is 0 Å². The summed E-state index contributed by atoms with van der Waals surface area (Å²) >= 11 is 6.15. The van der Waals surface area contributed by atoms with Crippen molar-refractivity contribution in [1.29, 1.82) is 0 Å². The number of hydrogen-bond acceptors (Lipinski definition) is 2. The quantitative estimate of drug-likeness (QED) is 0.888. The minimum absolute atomic E-state index is 0.516. The van der Waals surface area contributed by atoms with Crippen LogP contribution in [0.5, 0.6) is 0 Å². The highest BCUT2D eigenvalue weighted by Crippen LogP contribution is 2.18. The molecule has 0 spiro atoms. The molecule has 0 saturated heterocycles. The fraction of sp³-hybridized carbons (Fsp3) is 0.250. The molecule has 3 nitrogen and oxygen atoms in total. The van der Waals surface area contributed by atoms with Crippen molar-refractivity contribution in [1.82, 2.24) is 9.78 Å². The van der Waals surface area contributed by atoms with Crippen LogP contribution in [0.4, 0.5) is 0 Å². The first-order valence-corrected chi connectivity index (χ1v) is 5.53. The summed E-state index contributed by atoms with van der Waals surface area (Å²) in [6.07, 6.45) is 3.72. The molecule has 2 rings (SSSR count). The van der Waals surface area contributed by atoms with Crippen molar-refractivity contribution >= 4 is 11.6 Å². The maximum Gasteiger partial charge on any atom is 0.0674 e. The molecule has 0 aliphatic rings. The van der Waals surface area contributed by atoms with Crippen LogP contribution < -0.4 is 5.73 Å². The second-order valence-corrected chi connectivity index (χ2v) is 4.25. The zero-order valence-electron chi connectivity index (χ0n) is 9.15. The zero-order valence-corrected chi connectivity index (χ0v) is 9.91. The molecule has 1 heterocycles. The molecule has 1 aromatic heterocycles. The second kappa shape index (κ2) is 4.68. The maximum atomic E-state index is 6.15. The Morgan fingerprint density at radius 1 is 1.44 bits per heavy atom. The number of rotatable bonds is 3. The van der Waals surface area contributed by atoms with E-state index < -0.39 is 0 Å². The molecule has 2 aromatic rings. The van der Waals surface area contributed by atoms with E-state index in [0.29, 0.717) is 13.1 Å². The van der Waals surface area contributed by atoms with Crippen LogP contribution in [0.15, 0.2) is 30.6 Å². The van der Waals surface area contributed by atoms with E-state index in [-0.39, 0.29) is 0 Å². The number of benzene rings is 1. The third-order valence-corrected chi connectivity index (χ3v) is 2.82. The van der Waals surface area contributed by atoms with Gasteiger partial charge in [-0.1, -0.05) is 23.7 Å². The Bertz CT molecular complexity index is 491. The fourth-order valence-electron chi connectivity index (χ4n) is 1.55. The molecular weight excluding hydrogens is 222 g/mol. The summed E-state index contributed by atoms with van der Waals surface area (Å²) in [5.74, 6) is 0. The summed E-state index contributed by atoms with van der Waals surface area (Å²) in [7, 11) is 0. The lowest BCUT2D eigenvalue weighted by atomic mass is 10.1.